The third kappa shape index (κ3) is 4.01. The van der Waals surface area contributed by atoms with Gasteiger partial charge in [0.1, 0.15) is 0 Å². The lowest BCUT2D eigenvalue weighted by molar-refractivity contribution is -0.145. The smallest absolute Gasteiger partial charge is 0.230 e. The van der Waals surface area contributed by atoms with Crippen LogP contribution in [0.1, 0.15) is 31.2 Å². The van der Waals surface area contributed by atoms with Crippen LogP contribution in [0.5, 0.6) is 0 Å². The van der Waals surface area contributed by atoms with Crippen LogP contribution in [0.15, 0.2) is 43.0 Å². The van der Waals surface area contributed by atoms with Crippen LogP contribution in [0.4, 0.5) is 0 Å². The van der Waals surface area contributed by atoms with E-state index < -0.39 is 15.4 Å². The van der Waals surface area contributed by atoms with Crippen LogP contribution < -0.4 is 0 Å². The van der Waals surface area contributed by atoms with Gasteiger partial charge in [-0.2, -0.15) is 0 Å². The minimum Gasteiger partial charge on any atom is -0.342 e. The molecular weight excluding hydrogens is 348 g/mol. The summed E-state index contributed by atoms with van der Waals surface area (Å²) in [7, 11) is -3.33. The van der Waals surface area contributed by atoms with Gasteiger partial charge in [-0.3, -0.25) is 4.79 Å². The van der Waals surface area contributed by atoms with E-state index in [0.29, 0.717) is 19.5 Å². The molecule has 1 aromatic carbocycles. The Kier molecular flexibility index (Phi) is 5.82. The van der Waals surface area contributed by atoms with E-state index in [1.807, 2.05) is 23.1 Å². The van der Waals surface area contributed by atoms with Crippen LogP contribution in [0.3, 0.4) is 0 Å². The van der Waals surface area contributed by atoms with Gasteiger partial charge >= 0.3 is 0 Å². The first-order valence-electron chi connectivity index (χ1n) is 9.39. The summed E-state index contributed by atoms with van der Waals surface area (Å²) in [5.74, 6) is 0.0889. The first-order valence-corrected chi connectivity index (χ1v) is 11.0. The summed E-state index contributed by atoms with van der Waals surface area (Å²) in [5, 5.41) is 0. The molecule has 1 amide bonds. The Morgan fingerprint density at radius 2 is 1.92 bits per heavy atom. The van der Waals surface area contributed by atoms with Crippen molar-refractivity contribution in [1.82, 2.24) is 9.21 Å². The Morgan fingerprint density at radius 1 is 1.15 bits per heavy atom. The average molecular weight is 377 g/mol. The van der Waals surface area contributed by atoms with Crippen molar-refractivity contribution in [3.63, 3.8) is 0 Å². The van der Waals surface area contributed by atoms with Crippen LogP contribution in [0.25, 0.3) is 0 Å². The van der Waals surface area contributed by atoms with Gasteiger partial charge in [0.25, 0.3) is 0 Å². The second kappa shape index (κ2) is 7.92. The number of likely N-dealkylation sites (tertiary alicyclic amines) is 1. The van der Waals surface area contributed by atoms with Crippen LogP contribution in [0, 0.1) is 5.41 Å². The van der Waals surface area contributed by atoms with E-state index in [1.165, 1.54) is 15.9 Å². The molecule has 5 nitrogen and oxygen atoms in total. The third-order valence-electron chi connectivity index (χ3n) is 5.60. The SMILES string of the molecule is C=CCS(=O)(=O)N1CCC2(CCCN(CCCc3ccccc3)C2=O)C1. The fourth-order valence-corrected chi connectivity index (χ4v) is 5.51. The van der Waals surface area contributed by atoms with Crippen molar-refractivity contribution < 1.29 is 13.2 Å². The van der Waals surface area contributed by atoms with Crippen molar-refractivity contribution in [2.24, 2.45) is 5.41 Å². The van der Waals surface area contributed by atoms with E-state index in [9.17, 15) is 13.2 Å². The number of rotatable bonds is 7. The van der Waals surface area contributed by atoms with E-state index in [-0.39, 0.29) is 11.7 Å². The van der Waals surface area contributed by atoms with Gasteiger partial charge in [-0.15, -0.1) is 6.58 Å². The standard InChI is InChI=1S/C20H28N2O3S/c1-2-16-26(24,25)22-15-12-20(17-22)11-7-14-21(19(20)23)13-6-10-18-8-4-3-5-9-18/h2-5,8-9H,1,6-7,10-17H2. The van der Waals surface area contributed by atoms with Gasteiger partial charge in [-0.1, -0.05) is 36.4 Å². The topological polar surface area (TPSA) is 57.7 Å². The van der Waals surface area contributed by atoms with Crippen molar-refractivity contribution in [3.05, 3.63) is 48.6 Å². The van der Waals surface area contributed by atoms with Gasteiger partial charge in [0, 0.05) is 26.2 Å². The molecule has 2 aliphatic heterocycles. The number of aryl methyl sites for hydroxylation is 1. The molecule has 1 atom stereocenters. The average Bonchev–Trinajstić information content (AvgIpc) is 3.06. The zero-order chi connectivity index (χ0) is 18.6. The summed E-state index contributed by atoms with van der Waals surface area (Å²) in [4.78, 5) is 15.1. The van der Waals surface area contributed by atoms with Gasteiger partial charge in [0.05, 0.1) is 11.2 Å². The molecule has 0 aromatic heterocycles. The molecule has 2 fully saturated rings. The summed E-state index contributed by atoms with van der Waals surface area (Å²) in [5.41, 5.74) is 0.772. The molecule has 0 N–H and O–H groups in total. The number of sulfonamides is 1. The Balaban J connectivity index is 1.60. The number of benzene rings is 1. The Labute approximate surface area is 156 Å². The van der Waals surface area contributed by atoms with E-state index in [1.54, 1.807) is 0 Å². The normalized spacial score (nSPS) is 24.3. The second-order valence-corrected chi connectivity index (χ2v) is 9.43. The third-order valence-corrected chi connectivity index (χ3v) is 7.36. The summed E-state index contributed by atoms with van der Waals surface area (Å²) < 4.78 is 26.1. The van der Waals surface area contributed by atoms with Crippen molar-refractivity contribution in [3.8, 4) is 0 Å². The van der Waals surface area contributed by atoms with Crippen LogP contribution in [0.2, 0.25) is 0 Å². The molecule has 1 unspecified atom stereocenters. The lowest BCUT2D eigenvalue weighted by Gasteiger charge is -2.39. The molecule has 2 saturated heterocycles. The zero-order valence-corrected chi connectivity index (χ0v) is 16.1. The van der Waals surface area contributed by atoms with Crippen LogP contribution >= 0.6 is 0 Å². The number of amides is 1. The van der Waals surface area contributed by atoms with Gasteiger partial charge in [0.2, 0.25) is 15.9 Å². The first-order chi connectivity index (χ1) is 12.5. The number of hydrogen-bond donors (Lipinski definition) is 0. The summed E-state index contributed by atoms with van der Waals surface area (Å²) in [6.45, 7) is 5.83. The number of carbonyl (C=O) groups is 1. The fraction of sp³-hybridized carbons (Fsp3) is 0.550. The predicted octanol–water partition coefficient (Wildman–Crippen LogP) is 2.45. The van der Waals surface area contributed by atoms with E-state index in [2.05, 4.69) is 18.7 Å². The molecule has 3 rings (SSSR count). The molecule has 2 heterocycles. The highest BCUT2D eigenvalue weighted by Gasteiger charge is 2.50. The van der Waals surface area contributed by atoms with E-state index in [0.717, 1.165) is 38.8 Å². The lowest BCUT2D eigenvalue weighted by atomic mass is 9.78. The quantitative estimate of drug-likeness (QED) is 0.687. The largest absolute Gasteiger partial charge is 0.342 e. The van der Waals surface area contributed by atoms with Crippen molar-refractivity contribution in [2.75, 3.05) is 31.9 Å². The summed E-state index contributed by atoms with van der Waals surface area (Å²) in [6, 6.07) is 10.3. The number of nitrogens with zero attached hydrogens (tertiary/aromatic N) is 2. The predicted molar refractivity (Wildman–Crippen MR) is 103 cm³/mol. The number of carbonyl (C=O) groups excluding carboxylic acids is 1. The Morgan fingerprint density at radius 3 is 2.65 bits per heavy atom. The van der Waals surface area contributed by atoms with Gasteiger partial charge in [-0.05, 0) is 37.7 Å². The summed E-state index contributed by atoms with van der Waals surface area (Å²) in [6.07, 6.45) is 5.69. The minimum absolute atomic E-state index is 0.0575. The van der Waals surface area contributed by atoms with Crippen molar-refractivity contribution >= 4 is 15.9 Å². The molecule has 0 aliphatic carbocycles. The van der Waals surface area contributed by atoms with E-state index in [4.69, 9.17) is 0 Å². The monoisotopic (exact) mass is 376 g/mol. The highest BCUT2D eigenvalue weighted by atomic mass is 32.2. The Bertz CT molecular complexity index is 748. The first kappa shape index (κ1) is 19.1. The molecule has 6 heteroatoms. The van der Waals surface area contributed by atoms with Gasteiger partial charge < -0.3 is 4.90 Å². The Hall–Kier alpha value is -1.66. The molecule has 0 bridgehead atoms. The van der Waals surface area contributed by atoms with Crippen molar-refractivity contribution in [1.29, 1.82) is 0 Å². The lowest BCUT2D eigenvalue weighted by Crippen LogP contribution is -2.50. The highest BCUT2D eigenvalue weighted by Crippen LogP contribution is 2.41. The van der Waals surface area contributed by atoms with Crippen LogP contribution in [-0.4, -0.2) is 55.5 Å². The van der Waals surface area contributed by atoms with Gasteiger partial charge in [-0.25, -0.2) is 12.7 Å². The second-order valence-electron chi connectivity index (χ2n) is 7.42. The molecule has 142 valence electrons. The maximum absolute atomic E-state index is 13.1. The molecular formula is C20H28N2O3S. The number of hydrogen-bond acceptors (Lipinski definition) is 3. The molecule has 26 heavy (non-hydrogen) atoms. The molecule has 0 saturated carbocycles. The molecule has 1 spiro atoms. The summed E-state index contributed by atoms with van der Waals surface area (Å²) >= 11 is 0. The molecule has 0 radical (unpaired) electrons. The van der Waals surface area contributed by atoms with E-state index >= 15 is 0 Å². The maximum atomic E-state index is 13.1. The molecule has 1 aromatic rings. The zero-order valence-electron chi connectivity index (χ0n) is 15.3. The van der Waals surface area contributed by atoms with Crippen molar-refractivity contribution in [2.45, 2.75) is 32.1 Å². The fourth-order valence-electron chi connectivity index (χ4n) is 4.19. The maximum Gasteiger partial charge on any atom is 0.230 e. The highest BCUT2D eigenvalue weighted by molar-refractivity contribution is 7.89. The number of piperidine rings is 1. The van der Waals surface area contributed by atoms with Gasteiger partial charge in [0.15, 0.2) is 0 Å². The van der Waals surface area contributed by atoms with Crippen LogP contribution in [-0.2, 0) is 21.2 Å². The minimum atomic E-state index is -3.33. The molecule has 2 aliphatic rings.